The Morgan fingerprint density at radius 2 is 1.55 bits per heavy atom. The Hall–Kier alpha value is -3.66. The van der Waals surface area contributed by atoms with Gasteiger partial charge in [-0.2, -0.15) is 5.26 Å². The highest BCUT2D eigenvalue weighted by molar-refractivity contribution is 6.30. The molecule has 3 nitrogen and oxygen atoms in total. The summed E-state index contributed by atoms with van der Waals surface area (Å²) in [4.78, 5) is 0. The number of aryl methyl sites for hydroxylation is 1. The Balaban J connectivity index is 1.76. The van der Waals surface area contributed by atoms with Crippen molar-refractivity contribution in [2.45, 2.75) is 13.5 Å². The van der Waals surface area contributed by atoms with E-state index >= 15 is 0 Å². The normalized spacial score (nSPS) is 10.4. The van der Waals surface area contributed by atoms with Crippen molar-refractivity contribution in [3.63, 3.8) is 0 Å². The molecule has 0 atom stereocenters. The summed E-state index contributed by atoms with van der Waals surface area (Å²) in [6.45, 7) is 2.72. The van der Waals surface area contributed by atoms with Gasteiger partial charge in [-0.1, -0.05) is 35.6 Å². The molecule has 4 rings (SSSR count). The number of nitriles is 1. The molecule has 0 radical (unpaired) electrons. The van der Waals surface area contributed by atoms with E-state index in [0.717, 1.165) is 33.3 Å². The topological polar surface area (TPSA) is 49.0 Å². The standard InChI is InChI=1S/C25H17ClN2O/c1-2-28-24-15-21(29)13-14-22(24)23(16-27)25(28)19-9-5-17(6-10-19)3-4-18-7-11-20(26)12-8-18/h5-15,29H,2H2,1H3. The van der Waals surface area contributed by atoms with Crippen molar-refractivity contribution in [2.24, 2.45) is 0 Å². The third kappa shape index (κ3) is 3.57. The van der Waals surface area contributed by atoms with E-state index in [9.17, 15) is 10.4 Å². The highest BCUT2D eigenvalue weighted by atomic mass is 35.5. The van der Waals surface area contributed by atoms with Gasteiger partial charge in [-0.15, -0.1) is 0 Å². The number of benzene rings is 3. The molecule has 0 aliphatic rings. The van der Waals surface area contributed by atoms with Crippen molar-refractivity contribution in [3.05, 3.63) is 88.4 Å². The quantitative estimate of drug-likeness (QED) is 0.425. The Morgan fingerprint density at radius 1 is 0.931 bits per heavy atom. The van der Waals surface area contributed by atoms with Crippen LogP contribution in [0.2, 0.25) is 5.02 Å². The molecule has 4 aromatic rings. The van der Waals surface area contributed by atoms with Gasteiger partial charge in [-0.3, -0.25) is 0 Å². The number of hydrogen-bond donors (Lipinski definition) is 1. The third-order valence-electron chi connectivity index (χ3n) is 4.83. The average Bonchev–Trinajstić information content (AvgIpc) is 3.06. The highest BCUT2D eigenvalue weighted by Gasteiger charge is 2.18. The average molecular weight is 397 g/mol. The van der Waals surface area contributed by atoms with Crippen molar-refractivity contribution in [1.29, 1.82) is 5.26 Å². The maximum Gasteiger partial charge on any atom is 0.117 e. The first-order valence-electron chi connectivity index (χ1n) is 9.24. The first-order valence-corrected chi connectivity index (χ1v) is 9.62. The number of hydrogen-bond acceptors (Lipinski definition) is 2. The van der Waals surface area contributed by atoms with Gasteiger partial charge in [0.15, 0.2) is 0 Å². The smallest absolute Gasteiger partial charge is 0.117 e. The second-order valence-electron chi connectivity index (χ2n) is 6.62. The predicted molar refractivity (Wildman–Crippen MR) is 117 cm³/mol. The minimum Gasteiger partial charge on any atom is -0.508 e. The molecule has 1 aromatic heterocycles. The Morgan fingerprint density at radius 3 is 2.14 bits per heavy atom. The lowest BCUT2D eigenvalue weighted by Crippen LogP contribution is -1.97. The zero-order chi connectivity index (χ0) is 20.4. The van der Waals surface area contributed by atoms with E-state index in [1.807, 2.05) is 55.5 Å². The largest absolute Gasteiger partial charge is 0.508 e. The number of phenols is 1. The number of aromatic nitrogens is 1. The van der Waals surface area contributed by atoms with E-state index in [4.69, 9.17) is 11.6 Å². The molecule has 29 heavy (non-hydrogen) atoms. The van der Waals surface area contributed by atoms with Crippen molar-refractivity contribution in [2.75, 3.05) is 0 Å². The summed E-state index contributed by atoms with van der Waals surface area (Å²) < 4.78 is 2.06. The minimum atomic E-state index is 0.188. The maximum atomic E-state index is 9.88. The van der Waals surface area contributed by atoms with Crippen LogP contribution in [0.4, 0.5) is 0 Å². The molecular weight excluding hydrogens is 380 g/mol. The second-order valence-corrected chi connectivity index (χ2v) is 7.05. The molecule has 0 spiro atoms. The Labute approximate surface area is 174 Å². The van der Waals surface area contributed by atoms with Crippen molar-refractivity contribution < 1.29 is 5.11 Å². The zero-order valence-corrected chi connectivity index (χ0v) is 16.5. The molecule has 140 valence electrons. The predicted octanol–water partition coefficient (Wildman–Crippen LogP) is 5.96. The van der Waals surface area contributed by atoms with Crippen LogP contribution in [0.3, 0.4) is 0 Å². The second kappa shape index (κ2) is 7.76. The van der Waals surface area contributed by atoms with E-state index in [1.165, 1.54) is 0 Å². The molecule has 0 fully saturated rings. The highest BCUT2D eigenvalue weighted by Crippen LogP contribution is 2.35. The van der Waals surface area contributed by atoms with Crippen LogP contribution in [0.25, 0.3) is 22.2 Å². The third-order valence-corrected chi connectivity index (χ3v) is 5.08. The molecule has 3 aromatic carbocycles. The lowest BCUT2D eigenvalue weighted by atomic mass is 10.0. The number of nitrogens with zero attached hydrogens (tertiary/aromatic N) is 2. The number of aromatic hydroxyl groups is 1. The van der Waals surface area contributed by atoms with Crippen molar-refractivity contribution in [3.8, 4) is 34.9 Å². The van der Waals surface area contributed by atoms with Gasteiger partial charge in [0.05, 0.1) is 16.8 Å². The molecule has 4 heteroatoms. The molecule has 1 heterocycles. The van der Waals surface area contributed by atoms with Crippen LogP contribution in [0.15, 0.2) is 66.7 Å². The fraction of sp³-hybridized carbons (Fsp3) is 0.0800. The van der Waals surface area contributed by atoms with Crippen molar-refractivity contribution in [1.82, 2.24) is 4.57 Å². The van der Waals surface area contributed by atoms with Crippen LogP contribution in [0.1, 0.15) is 23.6 Å². The fourth-order valence-corrected chi connectivity index (χ4v) is 3.59. The van der Waals surface area contributed by atoms with Crippen molar-refractivity contribution >= 4 is 22.5 Å². The van der Waals surface area contributed by atoms with Crippen LogP contribution in [0, 0.1) is 23.2 Å². The van der Waals surface area contributed by atoms with E-state index in [2.05, 4.69) is 22.5 Å². The van der Waals surface area contributed by atoms with Gasteiger partial charge in [-0.25, -0.2) is 0 Å². The molecule has 1 N–H and O–H groups in total. The monoisotopic (exact) mass is 396 g/mol. The summed E-state index contributed by atoms with van der Waals surface area (Å²) in [5, 5.41) is 21.2. The van der Waals surface area contributed by atoms with Gasteiger partial charge in [-0.05, 0) is 61.0 Å². The van der Waals surface area contributed by atoms with Gasteiger partial charge in [0.25, 0.3) is 0 Å². The van der Waals surface area contributed by atoms with Gasteiger partial charge < -0.3 is 9.67 Å². The lowest BCUT2D eigenvalue weighted by Gasteiger charge is -2.09. The molecule has 0 amide bonds. The first kappa shape index (κ1) is 18.7. The van der Waals surface area contributed by atoms with Crippen LogP contribution in [-0.4, -0.2) is 9.67 Å². The molecule has 0 saturated heterocycles. The van der Waals surface area contributed by atoms with Gasteiger partial charge in [0.2, 0.25) is 0 Å². The Bertz CT molecular complexity index is 1300. The van der Waals surface area contributed by atoms with Gasteiger partial charge in [0.1, 0.15) is 11.8 Å². The minimum absolute atomic E-state index is 0.188. The van der Waals surface area contributed by atoms with Crippen LogP contribution < -0.4 is 0 Å². The summed E-state index contributed by atoms with van der Waals surface area (Å²) in [6.07, 6.45) is 0. The summed E-state index contributed by atoms with van der Waals surface area (Å²) in [6, 6.07) is 22.7. The van der Waals surface area contributed by atoms with Crippen LogP contribution in [0.5, 0.6) is 5.75 Å². The van der Waals surface area contributed by atoms with Crippen LogP contribution >= 0.6 is 11.6 Å². The van der Waals surface area contributed by atoms with E-state index in [1.54, 1.807) is 18.2 Å². The summed E-state index contributed by atoms with van der Waals surface area (Å²) in [5.41, 5.74) is 5.05. The summed E-state index contributed by atoms with van der Waals surface area (Å²) >= 11 is 5.90. The molecule has 0 saturated carbocycles. The molecule has 0 aliphatic carbocycles. The molecule has 0 aliphatic heterocycles. The van der Waals surface area contributed by atoms with Gasteiger partial charge >= 0.3 is 0 Å². The summed E-state index contributed by atoms with van der Waals surface area (Å²) in [7, 11) is 0. The zero-order valence-electron chi connectivity index (χ0n) is 15.8. The number of halogens is 1. The number of phenolic OH excluding ortho intramolecular Hbond substituents is 1. The fourth-order valence-electron chi connectivity index (χ4n) is 3.47. The first-order chi connectivity index (χ1) is 14.1. The van der Waals surface area contributed by atoms with Gasteiger partial charge in [0, 0.05) is 34.1 Å². The van der Waals surface area contributed by atoms with E-state index in [0.29, 0.717) is 17.1 Å². The van der Waals surface area contributed by atoms with E-state index in [-0.39, 0.29) is 5.75 Å². The van der Waals surface area contributed by atoms with Crippen LogP contribution in [-0.2, 0) is 6.54 Å². The molecule has 0 bridgehead atoms. The lowest BCUT2D eigenvalue weighted by molar-refractivity contribution is 0.476. The molecule has 0 unspecified atom stereocenters. The summed E-state index contributed by atoms with van der Waals surface area (Å²) in [5.74, 6) is 6.47. The molecular formula is C25H17ClN2O. The maximum absolute atomic E-state index is 9.88. The Kier molecular flexibility index (Phi) is 5.00. The number of rotatable bonds is 2. The SMILES string of the molecule is CCn1c(-c2ccc(C#Cc3ccc(Cl)cc3)cc2)c(C#N)c2ccc(O)cc21. The van der Waals surface area contributed by atoms with E-state index < -0.39 is 0 Å². The number of fused-ring (bicyclic) bond motifs is 1.